The Hall–Kier alpha value is -4.33. The summed E-state index contributed by atoms with van der Waals surface area (Å²) < 4.78 is 5.77. The Kier molecular flexibility index (Phi) is 7.01. The van der Waals surface area contributed by atoms with E-state index in [1.807, 2.05) is 6.07 Å². The quantitative estimate of drug-likeness (QED) is 0.371. The average Bonchev–Trinajstić information content (AvgIpc) is 2.86. The van der Waals surface area contributed by atoms with E-state index in [-0.39, 0.29) is 24.7 Å². The molecule has 11 heteroatoms. The largest absolute Gasteiger partial charge is 0.439 e. The van der Waals surface area contributed by atoms with E-state index in [0.29, 0.717) is 16.5 Å². The number of benzene rings is 2. The standard InChI is InChI=1S/C24H22ClN7O3/c1-2-30-23(33)31(15-16-9-11-17(25)12-10-16)22(32(27)24(30)34)29-18-5-3-7-20(13-18)35-21-8-4-6-19(14-26)28-21/h3-13,22,29H,2,15,27H2,1H3. The van der Waals surface area contributed by atoms with E-state index in [0.717, 1.165) is 15.5 Å². The third-order valence-corrected chi connectivity index (χ3v) is 5.51. The minimum atomic E-state index is -0.969. The monoisotopic (exact) mass is 491 g/mol. The summed E-state index contributed by atoms with van der Waals surface area (Å²) in [4.78, 5) is 32.5. The van der Waals surface area contributed by atoms with Gasteiger partial charge in [-0.2, -0.15) is 5.26 Å². The highest BCUT2D eigenvalue weighted by Crippen LogP contribution is 2.26. The van der Waals surface area contributed by atoms with E-state index < -0.39 is 18.4 Å². The van der Waals surface area contributed by atoms with E-state index >= 15 is 0 Å². The topological polar surface area (TPSA) is 128 Å². The van der Waals surface area contributed by atoms with Crippen molar-refractivity contribution in [3.8, 4) is 17.7 Å². The second kappa shape index (κ2) is 10.3. The molecule has 0 bridgehead atoms. The van der Waals surface area contributed by atoms with Gasteiger partial charge in [-0.25, -0.2) is 30.3 Å². The summed E-state index contributed by atoms with van der Waals surface area (Å²) in [5, 5.41) is 13.7. The predicted octanol–water partition coefficient (Wildman–Crippen LogP) is 4.35. The van der Waals surface area contributed by atoms with Gasteiger partial charge in [0, 0.05) is 29.4 Å². The Morgan fingerprint density at radius 1 is 1.11 bits per heavy atom. The molecule has 4 amide bonds. The van der Waals surface area contributed by atoms with Crippen molar-refractivity contribution in [2.75, 3.05) is 11.9 Å². The van der Waals surface area contributed by atoms with Gasteiger partial charge in [0.15, 0.2) is 0 Å². The van der Waals surface area contributed by atoms with Crippen LogP contribution < -0.4 is 15.9 Å². The molecule has 178 valence electrons. The highest BCUT2D eigenvalue weighted by atomic mass is 35.5. The second-order valence-electron chi connectivity index (χ2n) is 7.59. The van der Waals surface area contributed by atoms with Gasteiger partial charge in [0.1, 0.15) is 17.5 Å². The highest BCUT2D eigenvalue weighted by molar-refractivity contribution is 6.30. The molecule has 3 N–H and O–H groups in total. The van der Waals surface area contributed by atoms with E-state index in [1.54, 1.807) is 73.7 Å². The fourth-order valence-electron chi connectivity index (χ4n) is 3.55. The number of amides is 4. The van der Waals surface area contributed by atoms with E-state index in [4.69, 9.17) is 27.4 Å². The molecule has 0 saturated carbocycles. The molecule has 2 aromatic carbocycles. The predicted molar refractivity (Wildman–Crippen MR) is 129 cm³/mol. The first-order valence-corrected chi connectivity index (χ1v) is 11.1. The van der Waals surface area contributed by atoms with Crippen molar-refractivity contribution < 1.29 is 14.3 Å². The lowest BCUT2D eigenvalue weighted by molar-refractivity contribution is 0.0390. The summed E-state index contributed by atoms with van der Waals surface area (Å²) >= 11 is 5.99. The number of ether oxygens (including phenoxy) is 1. The maximum atomic E-state index is 13.2. The van der Waals surface area contributed by atoms with Gasteiger partial charge in [0.2, 0.25) is 12.2 Å². The number of urea groups is 2. The van der Waals surface area contributed by atoms with Crippen LogP contribution in [-0.2, 0) is 6.54 Å². The van der Waals surface area contributed by atoms with E-state index in [1.165, 1.54) is 4.90 Å². The molecule has 1 fully saturated rings. The SMILES string of the molecule is CCN1C(=O)N(N)C(Nc2cccc(Oc3cccc(C#N)n3)c2)N(Cc2ccc(Cl)cc2)C1=O. The number of nitrogens with one attached hydrogen (secondary N) is 1. The van der Waals surface area contributed by atoms with Crippen molar-refractivity contribution in [2.24, 2.45) is 5.84 Å². The number of hydrogen-bond donors (Lipinski definition) is 2. The fraction of sp³-hybridized carbons (Fsp3) is 0.167. The van der Waals surface area contributed by atoms with Crippen LogP contribution in [0.5, 0.6) is 11.6 Å². The first-order chi connectivity index (χ1) is 16.9. The van der Waals surface area contributed by atoms with Gasteiger partial charge in [-0.3, -0.25) is 4.90 Å². The van der Waals surface area contributed by atoms with Gasteiger partial charge in [-0.15, -0.1) is 0 Å². The maximum Gasteiger partial charge on any atom is 0.345 e. The number of aromatic nitrogens is 1. The number of nitrogens with zero attached hydrogens (tertiary/aromatic N) is 5. The van der Waals surface area contributed by atoms with Gasteiger partial charge in [0.05, 0.1) is 6.54 Å². The van der Waals surface area contributed by atoms with Crippen molar-refractivity contribution in [1.29, 1.82) is 5.26 Å². The zero-order chi connectivity index (χ0) is 24.9. The molecule has 0 aliphatic carbocycles. The molecular weight excluding hydrogens is 470 g/mol. The minimum absolute atomic E-state index is 0.174. The van der Waals surface area contributed by atoms with E-state index in [9.17, 15) is 9.59 Å². The van der Waals surface area contributed by atoms with Gasteiger partial charge in [0.25, 0.3) is 0 Å². The first-order valence-electron chi connectivity index (χ1n) is 10.7. The average molecular weight is 492 g/mol. The third kappa shape index (κ3) is 5.27. The van der Waals surface area contributed by atoms with Crippen LogP contribution in [0.25, 0.3) is 0 Å². The number of halogens is 1. The molecule has 35 heavy (non-hydrogen) atoms. The summed E-state index contributed by atoms with van der Waals surface area (Å²) in [5.41, 5.74) is 1.59. The van der Waals surface area contributed by atoms with E-state index in [2.05, 4.69) is 10.3 Å². The number of nitriles is 1. The molecule has 1 unspecified atom stereocenters. The van der Waals surface area contributed by atoms with Crippen molar-refractivity contribution in [2.45, 2.75) is 19.8 Å². The summed E-state index contributed by atoms with van der Waals surface area (Å²) in [6.07, 6.45) is -0.969. The number of carbonyl (C=O) groups excluding carboxylic acids is 2. The zero-order valence-electron chi connectivity index (χ0n) is 18.8. The van der Waals surface area contributed by atoms with Gasteiger partial charge in [-0.1, -0.05) is 35.9 Å². The second-order valence-corrected chi connectivity index (χ2v) is 8.03. The number of hydrogen-bond acceptors (Lipinski definition) is 7. The molecule has 1 aliphatic rings. The molecule has 1 atom stereocenters. The van der Waals surface area contributed by atoms with Crippen LogP contribution in [0.15, 0.2) is 66.7 Å². The van der Waals surface area contributed by atoms with Crippen LogP contribution >= 0.6 is 11.6 Å². The Morgan fingerprint density at radius 2 is 1.86 bits per heavy atom. The van der Waals surface area contributed by atoms with Gasteiger partial charge >= 0.3 is 12.1 Å². The maximum absolute atomic E-state index is 13.2. The van der Waals surface area contributed by atoms with Crippen LogP contribution in [0.2, 0.25) is 5.02 Å². The van der Waals surface area contributed by atoms with Crippen molar-refractivity contribution in [3.05, 3.63) is 83.0 Å². The van der Waals surface area contributed by atoms with Crippen molar-refractivity contribution in [3.63, 3.8) is 0 Å². The van der Waals surface area contributed by atoms with Crippen LogP contribution in [0, 0.1) is 11.3 Å². The Bertz CT molecular complexity index is 1280. The normalized spacial score (nSPS) is 15.7. The Labute approximate surface area is 207 Å². The van der Waals surface area contributed by atoms with Gasteiger partial charge in [-0.05, 0) is 42.8 Å². The smallest absolute Gasteiger partial charge is 0.345 e. The van der Waals surface area contributed by atoms with Gasteiger partial charge < -0.3 is 10.1 Å². The molecule has 2 heterocycles. The lowest BCUT2D eigenvalue weighted by Gasteiger charge is -2.45. The molecule has 0 spiro atoms. The summed E-state index contributed by atoms with van der Waals surface area (Å²) in [6.45, 7) is 2.06. The number of imide groups is 1. The zero-order valence-corrected chi connectivity index (χ0v) is 19.5. The molecule has 1 saturated heterocycles. The van der Waals surface area contributed by atoms with Crippen LogP contribution in [0.1, 0.15) is 18.2 Å². The molecular formula is C24H22ClN7O3. The molecule has 10 nitrogen and oxygen atoms in total. The first kappa shape index (κ1) is 23.8. The number of anilines is 1. The molecule has 1 aliphatic heterocycles. The third-order valence-electron chi connectivity index (χ3n) is 5.26. The summed E-state index contributed by atoms with van der Waals surface area (Å²) in [6, 6.07) is 19.7. The lowest BCUT2D eigenvalue weighted by atomic mass is 10.2. The molecule has 3 aromatic rings. The van der Waals surface area contributed by atoms with Crippen molar-refractivity contribution >= 4 is 29.4 Å². The summed E-state index contributed by atoms with van der Waals surface area (Å²) in [5.74, 6) is 6.85. The van der Waals surface area contributed by atoms with Crippen LogP contribution in [0.3, 0.4) is 0 Å². The number of pyridine rings is 1. The fourth-order valence-corrected chi connectivity index (χ4v) is 3.67. The molecule has 1 aromatic heterocycles. The molecule has 0 radical (unpaired) electrons. The number of rotatable bonds is 7. The Balaban J connectivity index is 1.59. The van der Waals surface area contributed by atoms with Crippen LogP contribution in [-0.4, -0.2) is 44.7 Å². The minimum Gasteiger partial charge on any atom is -0.439 e. The number of hydrazine groups is 1. The van der Waals surface area contributed by atoms with Crippen LogP contribution in [0.4, 0.5) is 15.3 Å². The number of nitrogens with two attached hydrogens (primary N) is 1. The highest BCUT2D eigenvalue weighted by Gasteiger charge is 2.42. The Morgan fingerprint density at radius 3 is 2.57 bits per heavy atom. The van der Waals surface area contributed by atoms with Crippen molar-refractivity contribution in [1.82, 2.24) is 19.8 Å². The summed E-state index contributed by atoms with van der Waals surface area (Å²) in [7, 11) is 0. The lowest BCUT2D eigenvalue weighted by Crippen LogP contribution is -2.70. The molecule has 4 rings (SSSR count). The number of carbonyl (C=O) groups is 2.